The third-order valence-electron chi connectivity index (χ3n) is 8.55. The number of hydrogen-bond donors (Lipinski definition) is 10. The molecule has 0 spiro atoms. The normalized spacial score (nSPS) is 10.1. The standard InChI is InChI=1S/C21H28Br2N4O6.C21H30N4O8.CH3F/c1-33-21(32)5-3-2-4-17(28)24-11-18(29)25-12-19(30)26-13-20(31)27-16-7-14(9-22)6-15(8-16)10-23;1-33-21(32)5-3-2-4-17(28)22-9-18(29)23-10-19(30)24-11-20(31)25-16-7-14(12-26)6-15(8-16)13-27;1-2/h6-8H,2-5,9-13H2,1H3,(H,24,28)(H,25,29)(H,26,30)(H,27,31);6-8,26-27H,2-5,9-13H2,1H3,(H,22,28)(H,23,29)(H,24,30)(H,25,31);1H3/i;;1D. The molecule has 2 rings (SSSR count). The van der Waals surface area contributed by atoms with Crippen LogP contribution in [0.25, 0.3) is 0 Å². The largest absolute Gasteiger partial charge is 0.469 e. The van der Waals surface area contributed by atoms with E-state index in [1.165, 1.54) is 26.4 Å². The Morgan fingerprint density at radius 3 is 1.03 bits per heavy atom. The molecular weight excluding hydrogens is 1030 g/mol. The van der Waals surface area contributed by atoms with E-state index in [2.05, 4.69) is 83.9 Å². The molecule has 0 radical (unpaired) electrons. The van der Waals surface area contributed by atoms with Crippen LogP contribution in [0.5, 0.6) is 0 Å². The van der Waals surface area contributed by atoms with Gasteiger partial charge in [-0.05, 0) is 72.2 Å². The Balaban J connectivity index is 0.00000127. The number of halogens is 3. The summed E-state index contributed by atoms with van der Waals surface area (Å²) < 4.78 is 24.5. The fourth-order valence-electron chi connectivity index (χ4n) is 5.23. The number of aliphatic hydroxyl groups excluding tert-OH is 2. The molecule has 0 bridgehead atoms. The zero-order valence-electron chi connectivity index (χ0n) is 38.8. The number of carbonyl (C=O) groups excluding carboxylic acids is 10. The van der Waals surface area contributed by atoms with Gasteiger partial charge < -0.3 is 62.2 Å². The maximum Gasteiger partial charge on any atom is 0.305 e. The molecule has 0 atom stereocenters. The molecule has 2 aromatic carbocycles. The van der Waals surface area contributed by atoms with Crippen LogP contribution in [0.1, 0.15) is 75.0 Å². The minimum Gasteiger partial charge on any atom is -0.469 e. The molecular formula is C43H61Br2FN8O14. The molecule has 10 N–H and O–H groups in total. The second-order valence-electron chi connectivity index (χ2n) is 14.0. The Morgan fingerprint density at radius 2 is 0.735 bits per heavy atom. The van der Waals surface area contributed by atoms with Crippen LogP contribution in [0.15, 0.2) is 36.4 Å². The Hall–Kier alpha value is -6.05. The first-order valence-corrected chi connectivity index (χ1v) is 23.0. The maximum atomic E-state index is 12.1. The summed E-state index contributed by atoms with van der Waals surface area (Å²) in [4.78, 5) is 116. The van der Waals surface area contributed by atoms with E-state index < -0.39 is 42.6 Å². The minimum absolute atomic E-state index is 0.154. The highest BCUT2D eigenvalue weighted by molar-refractivity contribution is 9.08. The van der Waals surface area contributed by atoms with Crippen LogP contribution in [-0.2, 0) is 81.3 Å². The van der Waals surface area contributed by atoms with Crippen molar-refractivity contribution in [2.75, 3.05) is 71.3 Å². The van der Waals surface area contributed by atoms with E-state index in [0.29, 0.717) is 58.8 Å². The van der Waals surface area contributed by atoms with Crippen LogP contribution in [0.4, 0.5) is 15.8 Å². The lowest BCUT2D eigenvalue weighted by atomic mass is 10.1. The molecule has 0 heterocycles. The van der Waals surface area contributed by atoms with Crippen molar-refractivity contribution in [3.8, 4) is 0 Å². The highest BCUT2D eigenvalue weighted by Gasteiger charge is 2.13. The highest BCUT2D eigenvalue weighted by atomic mass is 79.9. The molecule has 22 nitrogen and oxygen atoms in total. The monoisotopic (exact) mass is 1090 g/mol. The Bertz CT molecular complexity index is 1820. The Morgan fingerprint density at radius 1 is 0.471 bits per heavy atom. The molecule has 0 aliphatic rings. The SMILES string of the molecule is COC(=O)CCCCC(=O)NCC(=O)NCC(=O)NCC(=O)Nc1cc(CBr)cc(CBr)c1.COC(=O)CCCCC(=O)NCC(=O)NCC(=O)NCC(=O)Nc1cc(CO)cc(CO)c1.[2H]CF. The van der Waals surface area contributed by atoms with Crippen LogP contribution in [0, 0.1) is 0 Å². The zero-order valence-corrected chi connectivity index (χ0v) is 41.0. The molecule has 0 saturated carbocycles. The van der Waals surface area contributed by atoms with E-state index in [1.54, 1.807) is 6.07 Å². The Labute approximate surface area is 411 Å². The number of methoxy groups -OCH3 is 2. The average molecular weight is 1090 g/mol. The van der Waals surface area contributed by atoms with Gasteiger partial charge in [-0.25, -0.2) is 0 Å². The van der Waals surface area contributed by atoms with Gasteiger partial charge in [0.1, 0.15) is 0 Å². The van der Waals surface area contributed by atoms with Gasteiger partial charge in [-0.15, -0.1) is 0 Å². The molecule has 378 valence electrons. The van der Waals surface area contributed by atoms with E-state index >= 15 is 0 Å². The number of rotatable bonds is 28. The summed E-state index contributed by atoms with van der Waals surface area (Å²) in [5.74, 6) is -4.56. The van der Waals surface area contributed by atoms with Crippen LogP contribution in [-0.4, -0.2) is 130 Å². The topological polar surface area (TPSA) is 326 Å². The zero-order chi connectivity index (χ0) is 52.0. The van der Waals surface area contributed by atoms with Crippen molar-refractivity contribution in [3.63, 3.8) is 0 Å². The summed E-state index contributed by atoms with van der Waals surface area (Å²) in [6.45, 7) is -2.41. The van der Waals surface area contributed by atoms with Crippen molar-refractivity contribution in [1.82, 2.24) is 31.9 Å². The number of anilines is 2. The predicted octanol–water partition coefficient (Wildman–Crippen LogP) is 0.774. The highest BCUT2D eigenvalue weighted by Crippen LogP contribution is 2.19. The second kappa shape index (κ2) is 38.0. The number of benzene rings is 2. The summed E-state index contributed by atoms with van der Waals surface area (Å²) in [5, 5.41) is 39.2. The summed E-state index contributed by atoms with van der Waals surface area (Å²) in [6.07, 6.45) is 2.75. The van der Waals surface area contributed by atoms with Gasteiger partial charge in [-0.1, -0.05) is 44.0 Å². The van der Waals surface area contributed by atoms with Gasteiger partial charge in [0.25, 0.3) is 0 Å². The number of carbonyl (C=O) groups is 10. The van der Waals surface area contributed by atoms with Crippen LogP contribution >= 0.6 is 31.9 Å². The summed E-state index contributed by atoms with van der Waals surface area (Å²) in [6, 6.07) is 10.3. The first kappa shape index (κ1) is 60.0. The molecule has 0 aliphatic heterocycles. The van der Waals surface area contributed by atoms with Crippen molar-refractivity contribution >= 4 is 102 Å². The van der Waals surface area contributed by atoms with Crippen molar-refractivity contribution in [2.24, 2.45) is 0 Å². The van der Waals surface area contributed by atoms with E-state index in [9.17, 15) is 62.5 Å². The lowest BCUT2D eigenvalue weighted by molar-refractivity contribution is -0.141. The van der Waals surface area contributed by atoms with E-state index in [1.807, 2.05) is 18.2 Å². The summed E-state index contributed by atoms with van der Waals surface area (Å²) in [5.41, 5.74) is 4.01. The average Bonchev–Trinajstić information content (AvgIpc) is 3.34. The molecule has 0 saturated heterocycles. The quantitative estimate of drug-likeness (QED) is 0.0320. The molecule has 68 heavy (non-hydrogen) atoms. The number of amides is 8. The number of aliphatic hydroxyl groups is 2. The molecule has 25 heteroatoms. The molecule has 0 aliphatic carbocycles. The first-order chi connectivity index (χ1) is 32.9. The molecule has 8 amide bonds. The lowest BCUT2D eigenvalue weighted by Gasteiger charge is -2.10. The van der Waals surface area contributed by atoms with Crippen molar-refractivity contribution in [2.45, 2.75) is 75.2 Å². The number of hydrogen-bond acceptors (Lipinski definition) is 14. The van der Waals surface area contributed by atoms with Crippen molar-refractivity contribution < 1.29 is 73.4 Å². The lowest BCUT2D eigenvalue weighted by Crippen LogP contribution is -2.43. The van der Waals surface area contributed by atoms with Gasteiger partial charge in [0.15, 0.2) is 0 Å². The minimum atomic E-state index is -1.00. The molecule has 0 fully saturated rings. The van der Waals surface area contributed by atoms with Crippen LogP contribution in [0.3, 0.4) is 0 Å². The van der Waals surface area contributed by atoms with Gasteiger partial charge in [-0.2, -0.15) is 0 Å². The smallest absolute Gasteiger partial charge is 0.305 e. The van der Waals surface area contributed by atoms with E-state index in [0.717, 1.165) is 11.1 Å². The number of esters is 2. The number of unbranched alkanes of at least 4 members (excludes halogenated alkanes) is 2. The number of ether oxygens (including phenoxy) is 2. The maximum absolute atomic E-state index is 12.1. The third kappa shape index (κ3) is 31.0. The van der Waals surface area contributed by atoms with E-state index in [4.69, 9.17) is 1.37 Å². The van der Waals surface area contributed by atoms with Gasteiger partial charge in [0, 0.05) is 47.7 Å². The van der Waals surface area contributed by atoms with Crippen molar-refractivity contribution in [1.29, 1.82) is 0 Å². The number of nitrogens with one attached hydrogen (secondary N) is 8. The van der Waals surface area contributed by atoms with Crippen LogP contribution in [0.2, 0.25) is 0 Å². The van der Waals surface area contributed by atoms with Crippen LogP contribution < -0.4 is 42.5 Å². The third-order valence-corrected chi connectivity index (χ3v) is 9.84. The predicted molar refractivity (Wildman–Crippen MR) is 253 cm³/mol. The summed E-state index contributed by atoms with van der Waals surface area (Å²) >= 11 is 6.76. The van der Waals surface area contributed by atoms with E-state index in [-0.39, 0.29) is 102 Å². The fraction of sp³-hybridized carbons (Fsp3) is 0.488. The fourth-order valence-corrected chi connectivity index (χ4v) is 5.88. The second-order valence-corrected chi connectivity index (χ2v) is 15.1. The Kier molecular flexibility index (Phi) is 33.5. The number of alkyl halides is 3. The molecule has 0 aromatic heterocycles. The first-order valence-electron chi connectivity index (χ1n) is 21.4. The van der Waals surface area contributed by atoms with Gasteiger partial charge in [-0.3, -0.25) is 52.3 Å². The molecule has 0 unspecified atom stereocenters. The summed E-state index contributed by atoms with van der Waals surface area (Å²) in [7, 11) is 1.59. The van der Waals surface area contributed by atoms with Gasteiger partial charge in [0.05, 0.1) is 75.2 Å². The van der Waals surface area contributed by atoms with Gasteiger partial charge in [0.2, 0.25) is 47.3 Å². The van der Waals surface area contributed by atoms with Gasteiger partial charge >= 0.3 is 11.9 Å². The molecule has 2 aromatic rings. The van der Waals surface area contributed by atoms with Crippen molar-refractivity contribution in [3.05, 3.63) is 58.7 Å².